The standard InChI is InChI=1S/C15H14N2O7S/c1-3-11-6-4-5-7-15(11)24-25(22,23)12-8-13(16(18)19)10(2)14(9-12)17(20)21/h4-9H,3H2,1-2H3. The number of rotatable bonds is 6. The zero-order valence-electron chi connectivity index (χ0n) is 13.3. The first-order valence-electron chi connectivity index (χ1n) is 7.13. The second-order valence-corrected chi connectivity index (χ2v) is 6.65. The van der Waals surface area contributed by atoms with E-state index in [1.54, 1.807) is 25.1 Å². The molecule has 0 radical (unpaired) electrons. The Labute approximate surface area is 143 Å². The van der Waals surface area contributed by atoms with Crippen molar-refractivity contribution < 1.29 is 22.4 Å². The van der Waals surface area contributed by atoms with E-state index in [0.29, 0.717) is 12.0 Å². The molecule has 132 valence electrons. The van der Waals surface area contributed by atoms with Crippen molar-refractivity contribution in [3.05, 3.63) is 67.8 Å². The van der Waals surface area contributed by atoms with Crippen LogP contribution in [-0.2, 0) is 16.5 Å². The highest BCUT2D eigenvalue weighted by Crippen LogP contribution is 2.33. The Kier molecular flexibility index (Phi) is 5.02. The monoisotopic (exact) mass is 366 g/mol. The summed E-state index contributed by atoms with van der Waals surface area (Å²) in [7, 11) is -4.48. The van der Waals surface area contributed by atoms with Crippen LogP contribution in [0.25, 0.3) is 0 Å². The number of nitro benzene ring substituents is 2. The third-order valence-corrected chi connectivity index (χ3v) is 4.77. The number of nitrogens with zero attached hydrogens (tertiary/aromatic N) is 2. The molecule has 10 heteroatoms. The van der Waals surface area contributed by atoms with E-state index in [4.69, 9.17) is 4.18 Å². The molecule has 0 aromatic heterocycles. The van der Waals surface area contributed by atoms with Crippen LogP contribution in [0.5, 0.6) is 5.75 Å². The average molecular weight is 366 g/mol. The predicted molar refractivity (Wildman–Crippen MR) is 88.1 cm³/mol. The Hall–Kier alpha value is -3.01. The molecule has 0 aliphatic rings. The van der Waals surface area contributed by atoms with E-state index in [1.807, 2.05) is 0 Å². The van der Waals surface area contributed by atoms with Crippen molar-refractivity contribution in [2.24, 2.45) is 0 Å². The molecular formula is C15H14N2O7S. The maximum Gasteiger partial charge on any atom is 0.339 e. The number of benzene rings is 2. The number of para-hydroxylation sites is 1. The lowest BCUT2D eigenvalue weighted by molar-refractivity contribution is -0.395. The van der Waals surface area contributed by atoms with Crippen molar-refractivity contribution >= 4 is 21.5 Å². The van der Waals surface area contributed by atoms with E-state index in [2.05, 4.69) is 0 Å². The van der Waals surface area contributed by atoms with Gasteiger partial charge in [0, 0.05) is 12.1 Å². The Morgan fingerprint density at radius 2 is 1.56 bits per heavy atom. The van der Waals surface area contributed by atoms with Gasteiger partial charge in [0.1, 0.15) is 16.2 Å². The second-order valence-electron chi connectivity index (χ2n) is 5.10. The van der Waals surface area contributed by atoms with Gasteiger partial charge in [-0.25, -0.2) is 0 Å². The first kappa shape index (κ1) is 18.3. The van der Waals surface area contributed by atoms with Crippen LogP contribution in [0.1, 0.15) is 18.1 Å². The van der Waals surface area contributed by atoms with E-state index in [0.717, 1.165) is 12.1 Å². The minimum atomic E-state index is -4.48. The lowest BCUT2D eigenvalue weighted by Crippen LogP contribution is -2.12. The summed E-state index contributed by atoms with van der Waals surface area (Å²) in [4.78, 5) is 19.8. The smallest absolute Gasteiger partial charge is 0.339 e. The molecule has 9 nitrogen and oxygen atoms in total. The Bertz CT molecular complexity index is 919. The van der Waals surface area contributed by atoms with Crippen LogP contribution in [0.4, 0.5) is 11.4 Å². The Morgan fingerprint density at radius 1 is 1.04 bits per heavy atom. The molecule has 2 aromatic carbocycles. The van der Waals surface area contributed by atoms with Crippen molar-refractivity contribution in [2.75, 3.05) is 0 Å². The molecule has 0 aliphatic heterocycles. The predicted octanol–water partition coefficient (Wildman–Crippen LogP) is 3.14. The first-order chi connectivity index (χ1) is 11.7. The fraction of sp³-hybridized carbons (Fsp3) is 0.200. The highest BCUT2D eigenvalue weighted by molar-refractivity contribution is 7.87. The maximum atomic E-state index is 12.5. The molecule has 0 unspecified atom stereocenters. The van der Waals surface area contributed by atoms with Crippen molar-refractivity contribution in [1.82, 2.24) is 0 Å². The number of hydrogen-bond donors (Lipinski definition) is 0. The highest BCUT2D eigenvalue weighted by atomic mass is 32.2. The van der Waals surface area contributed by atoms with E-state index in [9.17, 15) is 28.6 Å². The average Bonchev–Trinajstić information content (AvgIpc) is 2.54. The minimum Gasteiger partial charge on any atom is -0.379 e. The first-order valence-corrected chi connectivity index (χ1v) is 8.54. The summed E-state index contributed by atoms with van der Waals surface area (Å²) < 4.78 is 30.0. The van der Waals surface area contributed by atoms with Crippen LogP contribution >= 0.6 is 0 Å². The molecule has 0 N–H and O–H groups in total. The molecular weight excluding hydrogens is 352 g/mol. The molecule has 2 rings (SSSR count). The molecule has 0 spiro atoms. The summed E-state index contributed by atoms with van der Waals surface area (Å²) in [6.45, 7) is 2.98. The van der Waals surface area contributed by atoms with Gasteiger partial charge in [-0.05, 0) is 25.0 Å². The molecule has 0 amide bonds. The van der Waals surface area contributed by atoms with Gasteiger partial charge < -0.3 is 4.18 Å². The van der Waals surface area contributed by atoms with E-state index < -0.39 is 36.2 Å². The van der Waals surface area contributed by atoms with Gasteiger partial charge in [-0.2, -0.15) is 8.42 Å². The van der Waals surface area contributed by atoms with Crippen LogP contribution < -0.4 is 4.18 Å². The largest absolute Gasteiger partial charge is 0.379 e. The van der Waals surface area contributed by atoms with E-state index in [-0.39, 0.29) is 11.3 Å². The summed E-state index contributed by atoms with van der Waals surface area (Å²) in [6, 6.07) is 7.90. The molecule has 0 heterocycles. The topological polar surface area (TPSA) is 130 Å². The highest BCUT2D eigenvalue weighted by Gasteiger charge is 2.29. The van der Waals surface area contributed by atoms with E-state index in [1.165, 1.54) is 13.0 Å². The van der Waals surface area contributed by atoms with Crippen LogP contribution in [0, 0.1) is 27.2 Å². The zero-order valence-corrected chi connectivity index (χ0v) is 14.1. The van der Waals surface area contributed by atoms with Crippen LogP contribution in [0.3, 0.4) is 0 Å². The Morgan fingerprint density at radius 3 is 2.04 bits per heavy atom. The van der Waals surface area contributed by atoms with Crippen LogP contribution in [0.2, 0.25) is 0 Å². The summed E-state index contributed by atoms with van der Waals surface area (Å²) in [5, 5.41) is 22.2. The van der Waals surface area contributed by atoms with Gasteiger partial charge in [0.15, 0.2) is 0 Å². The second kappa shape index (κ2) is 6.85. The van der Waals surface area contributed by atoms with Crippen LogP contribution in [-0.4, -0.2) is 18.3 Å². The molecule has 0 saturated heterocycles. The van der Waals surface area contributed by atoms with Gasteiger partial charge in [-0.15, -0.1) is 0 Å². The summed E-state index contributed by atoms with van der Waals surface area (Å²) in [5.74, 6) is 0.0656. The molecule has 2 aromatic rings. The fourth-order valence-corrected chi connectivity index (χ4v) is 3.23. The lowest BCUT2D eigenvalue weighted by atomic mass is 10.1. The Balaban J connectivity index is 2.59. The van der Waals surface area contributed by atoms with Gasteiger partial charge in [0.05, 0.1) is 9.85 Å². The maximum absolute atomic E-state index is 12.5. The molecule has 25 heavy (non-hydrogen) atoms. The third kappa shape index (κ3) is 3.74. The summed E-state index contributed by atoms with van der Waals surface area (Å²) in [5.41, 5.74) is -0.953. The quantitative estimate of drug-likeness (QED) is 0.436. The molecule has 0 fully saturated rings. The van der Waals surface area contributed by atoms with Crippen molar-refractivity contribution in [3.63, 3.8) is 0 Å². The zero-order chi connectivity index (χ0) is 18.8. The van der Waals surface area contributed by atoms with Crippen molar-refractivity contribution in [3.8, 4) is 5.75 Å². The third-order valence-electron chi connectivity index (χ3n) is 3.56. The van der Waals surface area contributed by atoms with Crippen molar-refractivity contribution in [2.45, 2.75) is 25.2 Å². The molecule has 0 bridgehead atoms. The normalized spacial score (nSPS) is 11.1. The van der Waals surface area contributed by atoms with Crippen molar-refractivity contribution in [1.29, 1.82) is 0 Å². The molecule has 0 aliphatic carbocycles. The van der Waals surface area contributed by atoms with Gasteiger partial charge in [0.25, 0.3) is 11.4 Å². The molecule has 0 atom stereocenters. The minimum absolute atomic E-state index is 0.0656. The van der Waals surface area contributed by atoms with Gasteiger partial charge in [0.2, 0.25) is 0 Å². The van der Waals surface area contributed by atoms with E-state index >= 15 is 0 Å². The number of nitro groups is 2. The number of aryl methyl sites for hydroxylation is 1. The molecule has 0 saturated carbocycles. The SMILES string of the molecule is CCc1ccccc1OS(=O)(=O)c1cc([N+](=O)[O-])c(C)c([N+](=O)[O-])c1. The van der Waals surface area contributed by atoms with Crippen LogP contribution in [0.15, 0.2) is 41.3 Å². The fourth-order valence-electron chi connectivity index (χ4n) is 2.23. The van der Waals surface area contributed by atoms with Gasteiger partial charge in [-0.1, -0.05) is 25.1 Å². The van der Waals surface area contributed by atoms with Gasteiger partial charge >= 0.3 is 10.1 Å². The summed E-state index contributed by atoms with van der Waals surface area (Å²) in [6.07, 6.45) is 0.500. The number of hydrogen-bond acceptors (Lipinski definition) is 7. The summed E-state index contributed by atoms with van der Waals surface area (Å²) >= 11 is 0. The van der Waals surface area contributed by atoms with Gasteiger partial charge in [-0.3, -0.25) is 20.2 Å². The lowest BCUT2D eigenvalue weighted by Gasteiger charge is -2.11.